The highest BCUT2D eigenvalue weighted by molar-refractivity contribution is 5.65. The van der Waals surface area contributed by atoms with Crippen molar-refractivity contribution in [2.24, 2.45) is 0 Å². The minimum Gasteiger partial charge on any atom is -0.457 e. The molecule has 0 unspecified atom stereocenters. The fourth-order valence-corrected chi connectivity index (χ4v) is 2.73. The average molecular weight is 314 g/mol. The molecule has 0 N–H and O–H groups in total. The van der Waals surface area contributed by atoms with Gasteiger partial charge in [-0.3, -0.25) is 0 Å². The van der Waals surface area contributed by atoms with Crippen molar-refractivity contribution >= 4 is 5.65 Å². The third kappa shape index (κ3) is 2.76. The molecule has 0 radical (unpaired) electrons. The van der Waals surface area contributed by atoms with Crippen LogP contribution in [0.5, 0.6) is 11.5 Å². The summed E-state index contributed by atoms with van der Waals surface area (Å²) < 4.78 is 8.02. The lowest BCUT2D eigenvalue weighted by Gasteiger charge is -2.10. The molecule has 3 nitrogen and oxygen atoms in total. The topological polar surface area (TPSA) is 26.5 Å². The summed E-state index contributed by atoms with van der Waals surface area (Å²) in [7, 11) is 0. The number of fused-ring (bicyclic) bond motifs is 1. The Morgan fingerprint density at radius 3 is 2.50 bits per heavy atom. The molecule has 0 spiro atoms. The van der Waals surface area contributed by atoms with Crippen LogP contribution in [0.25, 0.3) is 16.9 Å². The van der Waals surface area contributed by atoms with E-state index in [0.29, 0.717) is 0 Å². The van der Waals surface area contributed by atoms with Crippen molar-refractivity contribution in [1.82, 2.24) is 9.38 Å². The van der Waals surface area contributed by atoms with Crippen LogP contribution in [0.1, 0.15) is 11.1 Å². The number of rotatable bonds is 3. The van der Waals surface area contributed by atoms with E-state index in [1.165, 1.54) is 5.56 Å². The number of imidazole rings is 1. The largest absolute Gasteiger partial charge is 0.457 e. The van der Waals surface area contributed by atoms with E-state index < -0.39 is 0 Å². The number of hydrogen-bond acceptors (Lipinski definition) is 2. The van der Waals surface area contributed by atoms with Gasteiger partial charge in [-0.1, -0.05) is 23.8 Å². The van der Waals surface area contributed by atoms with Gasteiger partial charge in [-0.15, -0.1) is 0 Å². The molecule has 0 bridgehead atoms. The second-order valence-electron chi connectivity index (χ2n) is 5.99. The highest BCUT2D eigenvalue weighted by Crippen LogP contribution is 2.29. The smallest absolute Gasteiger partial charge is 0.137 e. The Kier molecular flexibility index (Phi) is 3.54. The second kappa shape index (κ2) is 5.85. The van der Waals surface area contributed by atoms with Gasteiger partial charge in [0, 0.05) is 18.0 Å². The first-order valence-electron chi connectivity index (χ1n) is 7.98. The van der Waals surface area contributed by atoms with Gasteiger partial charge in [0.2, 0.25) is 0 Å². The molecule has 2 aromatic heterocycles. The van der Waals surface area contributed by atoms with Crippen molar-refractivity contribution in [2.75, 3.05) is 0 Å². The Morgan fingerprint density at radius 1 is 0.917 bits per heavy atom. The zero-order valence-electron chi connectivity index (χ0n) is 13.7. The molecule has 118 valence electrons. The Hall–Kier alpha value is -3.07. The van der Waals surface area contributed by atoms with Gasteiger partial charge in [0.1, 0.15) is 17.1 Å². The number of ether oxygens (including phenoxy) is 1. The van der Waals surface area contributed by atoms with Crippen molar-refractivity contribution < 1.29 is 4.74 Å². The third-order valence-electron chi connectivity index (χ3n) is 4.08. The van der Waals surface area contributed by atoms with Crippen molar-refractivity contribution in [3.8, 4) is 22.8 Å². The summed E-state index contributed by atoms with van der Waals surface area (Å²) in [6.45, 7) is 4.13. The minimum absolute atomic E-state index is 0.851. The van der Waals surface area contributed by atoms with Crippen LogP contribution >= 0.6 is 0 Å². The number of pyridine rings is 1. The van der Waals surface area contributed by atoms with E-state index in [-0.39, 0.29) is 0 Å². The number of nitrogens with zero attached hydrogens (tertiary/aromatic N) is 2. The fourth-order valence-electron chi connectivity index (χ4n) is 2.73. The molecule has 2 aromatic carbocycles. The Bertz CT molecular complexity index is 967. The SMILES string of the molecule is Cc1ccc(Oc2ccc(-c3cn4ccccc4n3)cc2C)cc1. The van der Waals surface area contributed by atoms with E-state index in [0.717, 1.165) is 34.0 Å². The molecule has 4 rings (SSSR count). The molecule has 0 aliphatic heterocycles. The Labute approximate surface area is 141 Å². The van der Waals surface area contributed by atoms with Gasteiger partial charge in [0.15, 0.2) is 0 Å². The summed E-state index contributed by atoms with van der Waals surface area (Å²) in [5.41, 5.74) is 5.31. The summed E-state index contributed by atoms with van der Waals surface area (Å²) in [6.07, 6.45) is 4.05. The number of benzene rings is 2. The predicted molar refractivity (Wildman–Crippen MR) is 96.6 cm³/mol. The number of aryl methyl sites for hydroxylation is 2. The summed E-state index contributed by atoms with van der Waals surface area (Å²) in [5, 5.41) is 0. The summed E-state index contributed by atoms with van der Waals surface area (Å²) >= 11 is 0. The van der Waals surface area contributed by atoms with Crippen LogP contribution in [-0.2, 0) is 0 Å². The maximum Gasteiger partial charge on any atom is 0.137 e. The fraction of sp³-hybridized carbons (Fsp3) is 0.0952. The van der Waals surface area contributed by atoms with E-state index in [2.05, 4.69) is 43.1 Å². The van der Waals surface area contributed by atoms with Crippen LogP contribution in [-0.4, -0.2) is 9.38 Å². The number of aromatic nitrogens is 2. The summed E-state index contributed by atoms with van der Waals surface area (Å²) in [4.78, 5) is 4.67. The first-order chi connectivity index (χ1) is 11.7. The van der Waals surface area contributed by atoms with Gasteiger partial charge in [0.05, 0.1) is 5.69 Å². The van der Waals surface area contributed by atoms with Gasteiger partial charge in [-0.2, -0.15) is 0 Å². The Balaban J connectivity index is 1.64. The van der Waals surface area contributed by atoms with Crippen LogP contribution in [0.4, 0.5) is 0 Å². The van der Waals surface area contributed by atoms with Crippen molar-refractivity contribution in [3.05, 3.63) is 84.2 Å². The first kappa shape index (κ1) is 14.5. The molecule has 0 fully saturated rings. The molecule has 0 amide bonds. The highest BCUT2D eigenvalue weighted by Gasteiger charge is 2.07. The zero-order valence-corrected chi connectivity index (χ0v) is 13.7. The standard InChI is InChI=1S/C21H18N2O/c1-15-6-9-18(10-7-15)24-20-11-8-17(13-16(20)2)19-14-23-12-4-3-5-21(23)22-19/h3-14H,1-2H3. The lowest BCUT2D eigenvalue weighted by molar-refractivity contribution is 0.479. The zero-order chi connectivity index (χ0) is 16.5. The highest BCUT2D eigenvalue weighted by atomic mass is 16.5. The van der Waals surface area contributed by atoms with Crippen LogP contribution in [0.2, 0.25) is 0 Å². The van der Waals surface area contributed by atoms with Crippen molar-refractivity contribution in [2.45, 2.75) is 13.8 Å². The van der Waals surface area contributed by atoms with Crippen LogP contribution in [0, 0.1) is 13.8 Å². The van der Waals surface area contributed by atoms with Crippen LogP contribution in [0.3, 0.4) is 0 Å². The molecule has 2 heterocycles. The lowest BCUT2D eigenvalue weighted by Crippen LogP contribution is -1.89. The molecule has 3 heteroatoms. The van der Waals surface area contributed by atoms with Gasteiger partial charge in [-0.05, 0) is 61.9 Å². The van der Waals surface area contributed by atoms with E-state index in [4.69, 9.17) is 4.74 Å². The quantitative estimate of drug-likeness (QED) is 0.505. The van der Waals surface area contributed by atoms with Crippen molar-refractivity contribution in [3.63, 3.8) is 0 Å². The molecular formula is C21H18N2O. The van der Waals surface area contributed by atoms with Gasteiger partial charge in [-0.25, -0.2) is 4.98 Å². The molecule has 0 aliphatic rings. The molecule has 0 saturated heterocycles. The third-order valence-corrected chi connectivity index (χ3v) is 4.08. The normalized spacial score (nSPS) is 10.9. The van der Waals surface area contributed by atoms with E-state index in [9.17, 15) is 0 Å². The summed E-state index contributed by atoms with van der Waals surface area (Å²) in [5.74, 6) is 1.72. The number of hydrogen-bond donors (Lipinski definition) is 0. The molecular weight excluding hydrogens is 296 g/mol. The average Bonchev–Trinajstić information content (AvgIpc) is 3.03. The van der Waals surface area contributed by atoms with Gasteiger partial charge < -0.3 is 9.14 Å². The lowest BCUT2D eigenvalue weighted by atomic mass is 10.1. The Morgan fingerprint density at radius 2 is 1.75 bits per heavy atom. The van der Waals surface area contributed by atoms with Crippen LogP contribution in [0.15, 0.2) is 73.1 Å². The van der Waals surface area contributed by atoms with E-state index in [1.807, 2.05) is 53.2 Å². The maximum absolute atomic E-state index is 5.99. The molecule has 0 atom stereocenters. The van der Waals surface area contributed by atoms with Crippen LogP contribution < -0.4 is 4.74 Å². The molecule has 0 aliphatic carbocycles. The second-order valence-corrected chi connectivity index (χ2v) is 5.99. The first-order valence-corrected chi connectivity index (χ1v) is 7.98. The molecule has 4 aromatic rings. The van der Waals surface area contributed by atoms with Gasteiger partial charge in [0.25, 0.3) is 0 Å². The molecule has 0 saturated carbocycles. The van der Waals surface area contributed by atoms with Crippen molar-refractivity contribution in [1.29, 1.82) is 0 Å². The minimum atomic E-state index is 0.851. The molecule has 24 heavy (non-hydrogen) atoms. The predicted octanol–water partition coefficient (Wildman–Crippen LogP) is 5.41. The maximum atomic E-state index is 5.99. The summed E-state index contributed by atoms with van der Waals surface area (Å²) in [6, 6.07) is 20.3. The van der Waals surface area contributed by atoms with Gasteiger partial charge >= 0.3 is 0 Å². The van der Waals surface area contributed by atoms with E-state index >= 15 is 0 Å². The monoisotopic (exact) mass is 314 g/mol. The van der Waals surface area contributed by atoms with E-state index in [1.54, 1.807) is 0 Å².